The molecule has 0 aromatic heterocycles. The molecule has 1 saturated carbocycles. The highest BCUT2D eigenvalue weighted by Crippen LogP contribution is 2.32. The minimum absolute atomic E-state index is 0.0428. The third kappa shape index (κ3) is 2.66. The fourth-order valence-corrected chi connectivity index (χ4v) is 2.35. The van der Waals surface area contributed by atoms with Crippen molar-refractivity contribution in [3.05, 3.63) is 0 Å². The monoisotopic (exact) mass is 196 g/mol. The molecule has 0 aromatic carbocycles. The van der Waals surface area contributed by atoms with E-state index >= 15 is 0 Å². The molecule has 2 nitrogen and oxygen atoms in total. The fraction of sp³-hybridized carbons (Fsp3) is 0.833. The summed E-state index contributed by atoms with van der Waals surface area (Å²) in [6.07, 6.45) is 4.94. The zero-order valence-corrected chi connectivity index (χ0v) is 9.21. The summed E-state index contributed by atoms with van der Waals surface area (Å²) in [7, 11) is 0. The van der Waals surface area contributed by atoms with Crippen LogP contribution in [-0.4, -0.2) is 11.6 Å². The molecule has 1 aliphatic rings. The summed E-state index contributed by atoms with van der Waals surface area (Å²) < 4.78 is 0. The van der Waals surface area contributed by atoms with Gasteiger partial charge in [0.25, 0.3) is 0 Å². The van der Waals surface area contributed by atoms with Gasteiger partial charge in [0.15, 0.2) is 0 Å². The Balaban J connectivity index is 2.59. The third-order valence-electron chi connectivity index (χ3n) is 3.35. The quantitative estimate of drug-likeness (QED) is 0.692. The average Bonchev–Trinajstić information content (AvgIpc) is 2.20. The molecular formula is C12H20O2. The topological polar surface area (TPSA) is 34.1 Å². The van der Waals surface area contributed by atoms with Crippen molar-refractivity contribution in [1.82, 2.24) is 0 Å². The van der Waals surface area contributed by atoms with Gasteiger partial charge >= 0.3 is 0 Å². The summed E-state index contributed by atoms with van der Waals surface area (Å²) in [5.74, 6) is 1.07. The van der Waals surface area contributed by atoms with Crippen molar-refractivity contribution in [2.75, 3.05) is 0 Å². The predicted octanol–water partition coefficient (Wildman–Crippen LogP) is 2.75. The van der Waals surface area contributed by atoms with E-state index in [-0.39, 0.29) is 11.7 Å². The number of hydrogen-bond donors (Lipinski definition) is 0. The van der Waals surface area contributed by atoms with Gasteiger partial charge < -0.3 is 0 Å². The van der Waals surface area contributed by atoms with Crippen LogP contribution in [0.4, 0.5) is 0 Å². The van der Waals surface area contributed by atoms with Crippen LogP contribution < -0.4 is 0 Å². The molecular weight excluding hydrogens is 176 g/mol. The van der Waals surface area contributed by atoms with Crippen LogP contribution in [0, 0.1) is 11.8 Å². The standard InChI is InChI=1S/C12H20O2/c1-3-9-6-5-7-12(14)11(9)8-10(13)4-2/h9,11H,3-8H2,1-2H3. The van der Waals surface area contributed by atoms with E-state index in [1.807, 2.05) is 6.92 Å². The molecule has 0 spiro atoms. The molecule has 80 valence electrons. The summed E-state index contributed by atoms with van der Waals surface area (Å²) in [5, 5.41) is 0. The first-order chi connectivity index (χ1) is 6.69. The normalized spacial score (nSPS) is 27.7. The van der Waals surface area contributed by atoms with Crippen molar-refractivity contribution in [3.63, 3.8) is 0 Å². The van der Waals surface area contributed by atoms with Gasteiger partial charge in [0.1, 0.15) is 11.6 Å². The molecule has 1 fully saturated rings. The van der Waals surface area contributed by atoms with Crippen molar-refractivity contribution in [2.24, 2.45) is 11.8 Å². The Morgan fingerprint density at radius 2 is 2.14 bits per heavy atom. The highest BCUT2D eigenvalue weighted by atomic mass is 16.1. The second-order valence-corrected chi connectivity index (χ2v) is 4.23. The summed E-state index contributed by atoms with van der Waals surface area (Å²) in [6.45, 7) is 3.99. The van der Waals surface area contributed by atoms with E-state index in [1.165, 1.54) is 0 Å². The molecule has 0 N–H and O–H groups in total. The van der Waals surface area contributed by atoms with Gasteiger partial charge in [0, 0.05) is 25.2 Å². The van der Waals surface area contributed by atoms with Crippen molar-refractivity contribution in [3.8, 4) is 0 Å². The molecule has 0 amide bonds. The summed E-state index contributed by atoms with van der Waals surface area (Å²) in [5.41, 5.74) is 0. The van der Waals surface area contributed by atoms with Crippen LogP contribution in [0.25, 0.3) is 0 Å². The van der Waals surface area contributed by atoms with Crippen molar-refractivity contribution < 1.29 is 9.59 Å². The van der Waals surface area contributed by atoms with Gasteiger partial charge in [-0.1, -0.05) is 20.3 Å². The Bertz CT molecular complexity index is 220. The van der Waals surface area contributed by atoms with Crippen LogP contribution in [0.3, 0.4) is 0 Å². The average molecular weight is 196 g/mol. The molecule has 0 saturated heterocycles. The maximum atomic E-state index is 11.7. The number of hydrogen-bond acceptors (Lipinski definition) is 2. The largest absolute Gasteiger partial charge is 0.300 e. The Morgan fingerprint density at radius 3 is 2.71 bits per heavy atom. The zero-order chi connectivity index (χ0) is 10.6. The SMILES string of the molecule is CCC(=O)CC1C(=O)CCCC1CC. The molecule has 2 atom stereocenters. The van der Waals surface area contributed by atoms with Gasteiger partial charge in [0.05, 0.1) is 0 Å². The molecule has 2 heteroatoms. The molecule has 0 aliphatic heterocycles. The molecule has 0 aromatic rings. The number of carbonyl (C=O) groups is 2. The molecule has 0 bridgehead atoms. The first-order valence-electron chi connectivity index (χ1n) is 5.73. The van der Waals surface area contributed by atoms with Crippen LogP contribution >= 0.6 is 0 Å². The molecule has 0 radical (unpaired) electrons. The van der Waals surface area contributed by atoms with Crippen LogP contribution in [0.5, 0.6) is 0 Å². The summed E-state index contributed by atoms with van der Waals surface area (Å²) >= 11 is 0. The third-order valence-corrected chi connectivity index (χ3v) is 3.35. The lowest BCUT2D eigenvalue weighted by molar-refractivity contribution is -0.131. The summed E-state index contributed by atoms with van der Waals surface area (Å²) in [4.78, 5) is 23.0. The minimum atomic E-state index is 0.0428. The Hall–Kier alpha value is -0.660. The number of carbonyl (C=O) groups excluding carboxylic acids is 2. The predicted molar refractivity (Wildman–Crippen MR) is 56.0 cm³/mol. The maximum Gasteiger partial charge on any atom is 0.136 e. The van der Waals surface area contributed by atoms with Crippen LogP contribution in [-0.2, 0) is 9.59 Å². The van der Waals surface area contributed by atoms with Crippen molar-refractivity contribution >= 4 is 11.6 Å². The van der Waals surface area contributed by atoms with Gasteiger partial charge in [-0.05, 0) is 18.8 Å². The van der Waals surface area contributed by atoms with Gasteiger partial charge in [-0.2, -0.15) is 0 Å². The van der Waals surface area contributed by atoms with E-state index < -0.39 is 0 Å². The Labute approximate surface area is 86.1 Å². The second-order valence-electron chi connectivity index (χ2n) is 4.23. The van der Waals surface area contributed by atoms with Gasteiger partial charge in [-0.15, -0.1) is 0 Å². The van der Waals surface area contributed by atoms with Gasteiger partial charge in [-0.3, -0.25) is 9.59 Å². The molecule has 14 heavy (non-hydrogen) atoms. The minimum Gasteiger partial charge on any atom is -0.300 e. The Morgan fingerprint density at radius 1 is 1.43 bits per heavy atom. The van der Waals surface area contributed by atoms with Crippen LogP contribution in [0.15, 0.2) is 0 Å². The lowest BCUT2D eigenvalue weighted by Crippen LogP contribution is -2.30. The molecule has 2 unspecified atom stereocenters. The van der Waals surface area contributed by atoms with E-state index in [0.717, 1.165) is 19.3 Å². The van der Waals surface area contributed by atoms with Gasteiger partial charge in [0.2, 0.25) is 0 Å². The van der Waals surface area contributed by atoms with E-state index in [4.69, 9.17) is 0 Å². The second kappa shape index (κ2) is 5.28. The zero-order valence-electron chi connectivity index (χ0n) is 9.21. The van der Waals surface area contributed by atoms with E-state index in [1.54, 1.807) is 0 Å². The van der Waals surface area contributed by atoms with Gasteiger partial charge in [-0.25, -0.2) is 0 Å². The first kappa shape index (κ1) is 11.4. The smallest absolute Gasteiger partial charge is 0.136 e. The number of rotatable bonds is 4. The number of Topliss-reactive ketones (excluding diaryl/α,β-unsaturated/α-hetero) is 2. The molecule has 1 rings (SSSR count). The summed E-state index contributed by atoms with van der Waals surface area (Å²) in [6, 6.07) is 0. The number of ketones is 2. The van der Waals surface area contributed by atoms with E-state index in [2.05, 4.69) is 6.92 Å². The highest BCUT2D eigenvalue weighted by Gasteiger charge is 2.31. The van der Waals surface area contributed by atoms with Crippen molar-refractivity contribution in [2.45, 2.75) is 52.4 Å². The molecule has 0 heterocycles. The van der Waals surface area contributed by atoms with Crippen LogP contribution in [0.1, 0.15) is 52.4 Å². The molecule has 1 aliphatic carbocycles. The maximum absolute atomic E-state index is 11.7. The van der Waals surface area contributed by atoms with E-state index in [9.17, 15) is 9.59 Å². The lowest BCUT2D eigenvalue weighted by atomic mass is 9.74. The Kier molecular flexibility index (Phi) is 4.30. The van der Waals surface area contributed by atoms with E-state index in [0.29, 0.717) is 31.0 Å². The first-order valence-corrected chi connectivity index (χ1v) is 5.73. The lowest BCUT2D eigenvalue weighted by Gasteiger charge is -2.28. The highest BCUT2D eigenvalue weighted by molar-refractivity contribution is 5.88. The van der Waals surface area contributed by atoms with Crippen LogP contribution in [0.2, 0.25) is 0 Å². The fourth-order valence-electron chi connectivity index (χ4n) is 2.35. The van der Waals surface area contributed by atoms with Crippen molar-refractivity contribution in [1.29, 1.82) is 0 Å².